The zero-order valence-electron chi connectivity index (χ0n) is 16.3. The molecule has 1 fully saturated rings. The third-order valence-corrected chi connectivity index (χ3v) is 5.53. The number of Topliss-reactive ketones (excluding diaryl/α,β-unsaturated/α-hetero) is 1. The number of amides is 2. The number of carbonyl (C=O) groups is 2. The molecule has 1 saturated heterocycles. The highest BCUT2D eigenvalue weighted by Crippen LogP contribution is 2.38. The Labute approximate surface area is 175 Å². The van der Waals surface area contributed by atoms with E-state index in [0.29, 0.717) is 19.6 Å². The number of hydrogen-bond acceptors (Lipinski definition) is 4. The molecular formula is C19H22ClF3N4O3. The van der Waals surface area contributed by atoms with Crippen LogP contribution in [-0.2, 0) is 4.74 Å². The summed E-state index contributed by atoms with van der Waals surface area (Å²) in [6.07, 6.45) is 1.74. The summed E-state index contributed by atoms with van der Waals surface area (Å²) >= 11 is 5.77. The maximum Gasteiger partial charge on any atom is 0.317 e. The largest absolute Gasteiger partial charge is 0.385 e. The number of aromatic amines is 1. The molecule has 1 aliphatic heterocycles. The molecule has 1 aliphatic rings. The molecule has 7 nitrogen and oxygen atoms in total. The Kier molecular flexibility index (Phi) is 6.87. The molecule has 2 aromatic rings. The smallest absolute Gasteiger partial charge is 0.317 e. The number of ketones is 1. The first-order valence-corrected chi connectivity index (χ1v) is 9.90. The molecule has 30 heavy (non-hydrogen) atoms. The van der Waals surface area contributed by atoms with Gasteiger partial charge in [-0.1, -0.05) is 11.6 Å². The molecule has 0 unspecified atom stereocenters. The van der Waals surface area contributed by atoms with Gasteiger partial charge in [-0.25, -0.2) is 9.18 Å². The summed E-state index contributed by atoms with van der Waals surface area (Å²) in [5.41, 5.74) is -0.909. The van der Waals surface area contributed by atoms with Crippen molar-refractivity contribution >= 4 is 34.3 Å². The topological polar surface area (TPSA) is 87.3 Å². The van der Waals surface area contributed by atoms with E-state index in [1.807, 2.05) is 0 Å². The lowest BCUT2D eigenvalue weighted by Crippen LogP contribution is -2.49. The van der Waals surface area contributed by atoms with Crippen LogP contribution in [-0.4, -0.2) is 66.2 Å². The molecule has 0 bridgehead atoms. The van der Waals surface area contributed by atoms with E-state index >= 15 is 8.78 Å². The van der Waals surface area contributed by atoms with Gasteiger partial charge in [0.1, 0.15) is 0 Å². The van der Waals surface area contributed by atoms with Crippen LogP contribution in [0.4, 0.5) is 18.0 Å². The standard InChI is InChI=1S/C19H22ClF3N4O3/c1-30-8-2-5-24-18(29)27-6-3-12(4-7-27)19(22,23)17(28)14-15(21)13(20)9-11-10-25-26-16(11)14/h9-10,12H,2-8H2,1H3,(H,24,29)(H,25,26). The van der Waals surface area contributed by atoms with Gasteiger partial charge in [-0.05, 0) is 25.3 Å². The van der Waals surface area contributed by atoms with Gasteiger partial charge in [0, 0.05) is 44.7 Å². The fourth-order valence-corrected chi connectivity index (χ4v) is 3.78. The van der Waals surface area contributed by atoms with Gasteiger partial charge in [0.25, 0.3) is 0 Å². The van der Waals surface area contributed by atoms with Gasteiger partial charge in [-0.3, -0.25) is 9.89 Å². The molecule has 0 saturated carbocycles. The minimum atomic E-state index is -3.81. The highest BCUT2D eigenvalue weighted by Gasteiger charge is 2.50. The molecule has 2 heterocycles. The van der Waals surface area contributed by atoms with E-state index in [1.165, 1.54) is 17.2 Å². The van der Waals surface area contributed by atoms with E-state index in [4.69, 9.17) is 16.3 Å². The van der Waals surface area contributed by atoms with Gasteiger partial charge in [0.05, 0.1) is 22.3 Å². The SMILES string of the molecule is COCCCNC(=O)N1CCC(C(F)(F)C(=O)c2c(F)c(Cl)cc3cn[nH]c23)CC1. The average Bonchev–Trinajstić information content (AvgIpc) is 3.19. The Morgan fingerprint density at radius 2 is 2.10 bits per heavy atom. The number of urea groups is 1. The van der Waals surface area contributed by atoms with Crippen LogP contribution in [0.15, 0.2) is 12.3 Å². The lowest BCUT2D eigenvalue weighted by Gasteiger charge is -2.35. The zero-order valence-corrected chi connectivity index (χ0v) is 17.1. The summed E-state index contributed by atoms with van der Waals surface area (Å²) < 4.78 is 49.4. The number of methoxy groups -OCH3 is 1. The van der Waals surface area contributed by atoms with Gasteiger partial charge in [-0.2, -0.15) is 13.9 Å². The quantitative estimate of drug-likeness (QED) is 0.502. The first-order valence-electron chi connectivity index (χ1n) is 9.52. The highest BCUT2D eigenvalue weighted by atomic mass is 35.5. The van der Waals surface area contributed by atoms with Crippen molar-refractivity contribution in [3.05, 3.63) is 28.7 Å². The van der Waals surface area contributed by atoms with Gasteiger partial charge in [0.15, 0.2) is 5.82 Å². The second-order valence-corrected chi connectivity index (χ2v) is 7.58. The van der Waals surface area contributed by atoms with Crippen LogP contribution in [0.5, 0.6) is 0 Å². The molecule has 0 radical (unpaired) electrons. The number of benzene rings is 1. The number of halogens is 4. The number of hydrogen-bond donors (Lipinski definition) is 2. The number of fused-ring (bicyclic) bond motifs is 1. The molecule has 1 aromatic carbocycles. The number of piperidine rings is 1. The Morgan fingerprint density at radius 3 is 2.77 bits per heavy atom. The van der Waals surface area contributed by atoms with Crippen molar-refractivity contribution in [1.29, 1.82) is 0 Å². The number of rotatable bonds is 7. The highest BCUT2D eigenvalue weighted by molar-refractivity contribution is 6.32. The van der Waals surface area contributed by atoms with Crippen LogP contribution in [0.3, 0.4) is 0 Å². The fourth-order valence-electron chi connectivity index (χ4n) is 3.57. The van der Waals surface area contributed by atoms with E-state index in [2.05, 4.69) is 15.5 Å². The van der Waals surface area contributed by atoms with Gasteiger partial charge < -0.3 is 15.0 Å². The van der Waals surface area contributed by atoms with Crippen LogP contribution in [0.2, 0.25) is 5.02 Å². The molecule has 2 N–H and O–H groups in total. The molecule has 164 valence electrons. The number of ether oxygens (including phenoxy) is 1. The molecule has 2 amide bonds. The van der Waals surface area contributed by atoms with Crippen molar-refractivity contribution < 1.29 is 27.5 Å². The van der Waals surface area contributed by atoms with Crippen LogP contribution < -0.4 is 5.32 Å². The predicted octanol–water partition coefficient (Wildman–Crippen LogP) is 3.63. The van der Waals surface area contributed by atoms with Crippen LogP contribution >= 0.6 is 11.6 Å². The lowest BCUT2D eigenvalue weighted by molar-refractivity contribution is -0.0468. The first kappa shape index (κ1) is 22.4. The monoisotopic (exact) mass is 446 g/mol. The van der Waals surface area contributed by atoms with Gasteiger partial charge in [-0.15, -0.1) is 0 Å². The summed E-state index contributed by atoms with van der Waals surface area (Å²) in [6.45, 7) is 1.05. The lowest BCUT2D eigenvalue weighted by atomic mass is 9.85. The van der Waals surface area contributed by atoms with E-state index in [1.54, 1.807) is 7.11 Å². The normalized spacial score (nSPS) is 15.6. The van der Waals surface area contributed by atoms with Crippen molar-refractivity contribution in [2.45, 2.75) is 25.2 Å². The molecule has 0 atom stereocenters. The van der Waals surface area contributed by atoms with Crippen molar-refractivity contribution in [1.82, 2.24) is 20.4 Å². The number of H-pyrrole nitrogens is 1. The van der Waals surface area contributed by atoms with E-state index in [-0.39, 0.29) is 42.9 Å². The van der Waals surface area contributed by atoms with E-state index in [0.717, 1.165) is 0 Å². The van der Waals surface area contributed by atoms with Gasteiger partial charge >= 0.3 is 12.0 Å². The van der Waals surface area contributed by atoms with Crippen LogP contribution in [0.1, 0.15) is 29.6 Å². The molecular weight excluding hydrogens is 425 g/mol. The van der Waals surface area contributed by atoms with Gasteiger partial charge in [0.2, 0.25) is 5.78 Å². The minimum Gasteiger partial charge on any atom is -0.385 e. The number of nitrogens with zero attached hydrogens (tertiary/aromatic N) is 2. The van der Waals surface area contributed by atoms with Crippen LogP contribution in [0, 0.1) is 11.7 Å². The van der Waals surface area contributed by atoms with Crippen molar-refractivity contribution in [2.24, 2.45) is 5.92 Å². The Balaban J connectivity index is 1.69. The Hall–Kier alpha value is -2.33. The number of carbonyl (C=O) groups excluding carboxylic acids is 2. The third kappa shape index (κ3) is 4.39. The Bertz CT molecular complexity index is 929. The van der Waals surface area contributed by atoms with E-state index in [9.17, 15) is 14.0 Å². The fraction of sp³-hybridized carbons (Fsp3) is 0.526. The minimum absolute atomic E-state index is 0.0706. The molecule has 0 spiro atoms. The summed E-state index contributed by atoms with van der Waals surface area (Å²) in [7, 11) is 1.56. The first-order chi connectivity index (χ1) is 14.3. The number of likely N-dealkylation sites (tertiary alicyclic amines) is 1. The number of alkyl halides is 2. The summed E-state index contributed by atoms with van der Waals surface area (Å²) in [5.74, 6) is -7.98. The summed E-state index contributed by atoms with van der Waals surface area (Å²) in [4.78, 5) is 26.2. The van der Waals surface area contributed by atoms with E-state index < -0.39 is 34.0 Å². The second-order valence-electron chi connectivity index (χ2n) is 7.17. The maximum atomic E-state index is 15.0. The molecule has 3 rings (SSSR count). The van der Waals surface area contributed by atoms with Crippen molar-refractivity contribution in [3.63, 3.8) is 0 Å². The summed E-state index contributed by atoms with van der Waals surface area (Å²) in [6, 6.07) is 0.869. The Morgan fingerprint density at radius 1 is 1.40 bits per heavy atom. The second kappa shape index (κ2) is 9.22. The summed E-state index contributed by atoms with van der Waals surface area (Å²) in [5, 5.41) is 8.60. The van der Waals surface area contributed by atoms with Crippen molar-refractivity contribution in [3.8, 4) is 0 Å². The van der Waals surface area contributed by atoms with Crippen molar-refractivity contribution in [2.75, 3.05) is 33.4 Å². The predicted molar refractivity (Wildman–Crippen MR) is 105 cm³/mol. The molecule has 11 heteroatoms. The average molecular weight is 447 g/mol. The molecule has 0 aliphatic carbocycles. The maximum absolute atomic E-state index is 15.0. The number of aromatic nitrogens is 2. The molecule has 1 aromatic heterocycles. The third-order valence-electron chi connectivity index (χ3n) is 5.26. The number of nitrogens with one attached hydrogen (secondary N) is 2. The van der Waals surface area contributed by atoms with Crippen LogP contribution in [0.25, 0.3) is 10.9 Å². The zero-order chi connectivity index (χ0) is 21.9.